The Balaban J connectivity index is 2.16. The molecule has 1 atom stereocenters. The van der Waals surface area contributed by atoms with E-state index in [4.69, 9.17) is 5.73 Å². The number of thiophene rings is 1. The van der Waals surface area contributed by atoms with Crippen LogP contribution in [-0.2, 0) is 0 Å². The van der Waals surface area contributed by atoms with Gasteiger partial charge in [0.1, 0.15) is 6.10 Å². The van der Waals surface area contributed by atoms with E-state index in [9.17, 15) is 5.11 Å². The van der Waals surface area contributed by atoms with Crippen molar-refractivity contribution in [1.29, 1.82) is 0 Å². The van der Waals surface area contributed by atoms with Gasteiger partial charge in [-0.15, -0.1) is 11.3 Å². The van der Waals surface area contributed by atoms with Gasteiger partial charge in [0.15, 0.2) is 0 Å². The minimum Gasteiger partial charge on any atom is -0.386 e. The van der Waals surface area contributed by atoms with E-state index in [1.807, 2.05) is 17.5 Å². The van der Waals surface area contributed by atoms with Gasteiger partial charge in [0.25, 0.3) is 0 Å². The number of aliphatic hydroxyl groups excluding tert-OH is 1. The molecule has 1 saturated carbocycles. The van der Waals surface area contributed by atoms with Crippen molar-refractivity contribution in [2.45, 2.75) is 37.3 Å². The second kappa shape index (κ2) is 3.40. The maximum Gasteiger partial charge on any atom is 0.106 e. The highest BCUT2D eigenvalue weighted by Crippen LogP contribution is 2.38. The summed E-state index contributed by atoms with van der Waals surface area (Å²) in [5.41, 5.74) is 5.79. The van der Waals surface area contributed by atoms with E-state index in [-0.39, 0.29) is 5.54 Å². The monoisotopic (exact) mass is 197 g/mol. The van der Waals surface area contributed by atoms with Gasteiger partial charge in [-0.2, -0.15) is 0 Å². The van der Waals surface area contributed by atoms with E-state index in [0.717, 1.165) is 30.6 Å². The zero-order chi connectivity index (χ0) is 9.31. The summed E-state index contributed by atoms with van der Waals surface area (Å²) >= 11 is 1.59. The molecular weight excluding hydrogens is 182 g/mol. The Bertz CT molecular complexity index is 264. The first-order chi connectivity index (χ1) is 6.22. The van der Waals surface area contributed by atoms with Crippen molar-refractivity contribution in [2.24, 2.45) is 5.73 Å². The van der Waals surface area contributed by atoms with Crippen molar-refractivity contribution < 1.29 is 5.11 Å². The lowest BCUT2D eigenvalue weighted by atomic mass is 9.91. The summed E-state index contributed by atoms with van der Waals surface area (Å²) in [6.07, 6.45) is 3.74. The molecule has 13 heavy (non-hydrogen) atoms. The summed E-state index contributed by atoms with van der Waals surface area (Å²) in [4.78, 5) is 1.00. The SMILES string of the molecule is NC1(C(O)c2cccs2)CCCC1. The Labute approximate surface area is 82.4 Å². The van der Waals surface area contributed by atoms with E-state index in [1.54, 1.807) is 11.3 Å². The Hall–Kier alpha value is -0.380. The molecule has 1 aliphatic rings. The minimum absolute atomic E-state index is 0.356. The van der Waals surface area contributed by atoms with Gasteiger partial charge in [-0.25, -0.2) is 0 Å². The molecule has 3 heteroatoms. The molecule has 1 aromatic rings. The minimum atomic E-state index is -0.463. The normalized spacial score (nSPS) is 23.2. The lowest BCUT2D eigenvalue weighted by molar-refractivity contribution is 0.0904. The van der Waals surface area contributed by atoms with Crippen LogP contribution in [0, 0.1) is 0 Å². The Morgan fingerprint density at radius 3 is 2.69 bits per heavy atom. The topological polar surface area (TPSA) is 46.2 Å². The van der Waals surface area contributed by atoms with Crippen molar-refractivity contribution in [3.63, 3.8) is 0 Å². The van der Waals surface area contributed by atoms with Gasteiger partial charge < -0.3 is 10.8 Å². The van der Waals surface area contributed by atoms with Crippen LogP contribution in [0.1, 0.15) is 36.7 Å². The number of rotatable bonds is 2. The van der Waals surface area contributed by atoms with Crippen LogP contribution < -0.4 is 5.73 Å². The zero-order valence-electron chi connectivity index (χ0n) is 7.57. The fraction of sp³-hybridized carbons (Fsp3) is 0.600. The fourth-order valence-corrected chi connectivity index (χ4v) is 2.87. The summed E-state index contributed by atoms with van der Waals surface area (Å²) < 4.78 is 0. The standard InChI is InChI=1S/C10H15NOS/c11-10(5-1-2-6-10)9(12)8-4-3-7-13-8/h3-4,7,9,12H,1-2,5-6,11H2. The molecule has 0 spiro atoms. The molecule has 1 aliphatic carbocycles. The van der Waals surface area contributed by atoms with E-state index in [1.165, 1.54) is 0 Å². The predicted octanol–water partition coefficient (Wildman–Crippen LogP) is 2.05. The highest BCUT2D eigenvalue weighted by atomic mass is 32.1. The molecule has 0 aliphatic heterocycles. The van der Waals surface area contributed by atoms with Crippen LogP contribution in [0.3, 0.4) is 0 Å². The summed E-state index contributed by atoms with van der Waals surface area (Å²) in [7, 11) is 0. The summed E-state index contributed by atoms with van der Waals surface area (Å²) in [5.74, 6) is 0. The Kier molecular flexibility index (Phi) is 2.41. The van der Waals surface area contributed by atoms with Gasteiger partial charge in [-0.3, -0.25) is 0 Å². The molecule has 1 unspecified atom stereocenters. The Morgan fingerprint density at radius 1 is 1.46 bits per heavy atom. The molecule has 1 aromatic heterocycles. The maximum atomic E-state index is 10.1. The second-order valence-corrected chi connectivity index (χ2v) is 4.84. The third kappa shape index (κ3) is 1.64. The second-order valence-electron chi connectivity index (χ2n) is 3.86. The maximum absolute atomic E-state index is 10.1. The summed E-state index contributed by atoms with van der Waals surface area (Å²) in [6, 6.07) is 3.92. The van der Waals surface area contributed by atoms with Crippen LogP contribution in [0.2, 0.25) is 0 Å². The lowest BCUT2D eigenvalue weighted by Crippen LogP contribution is -2.42. The number of nitrogens with two attached hydrogens (primary N) is 1. The molecule has 1 fully saturated rings. The molecule has 0 amide bonds. The predicted molar refractivity (Wildman–Crippen MR) is 54.7 cm³/mol. The van der Waals surface area contributed by atoms with Gasteiger partial charge in [0.2, 0.25) is 0 Å². The fourth-order valence-electron chi connectivity index (χ4n) is 2.04. The van der Waals surface area contributed by atoms with Gasteiger partial charge in [0, 0.05) is 10.4 Å². The first-order valence-corrected chi connectivity index (χ1v) is 5.61. The molecule has 72 valence electrons. The van der Waals surface area contributed by atoms with Crippen LogP contribution in [0.25, 0.3) is 0 Å². The summed E-state index contributed by atoms with van der Waals surface area (Å²) in [6.45, 7) is 0. The third-order valence-electron chi connectivity index (χ3n) is 2.89. The average Bonchev–Trinajstić information content (AvgIpc) is 2.73. The highest BCUT2D eigenvalue weighted by molar-refractivity contribution is 7.10. The van der Waals surface area contributed by atoms with Crippen LogP contribution >= 0.6 is 11.3 Å². The molecule has 2 rings (SSSR count). The average molecular weight is 197 g/mol. The molecule has 0 aromatic carbocycles. The first kappa shape index (κ1) is 9.19. The molecule has 2 nitrogen and oxygen atoms in total. The number of aliphatic hydroxyl groups is 1. The van der Waals surface area contributed by atoms with Crippen molar-refractivity contribution in [3.05, 3.63) is 22.4 Å². The molecule has 0 bridgehead atoms. The quantitative estimate of drug-likeness (QED) is 0.762. The largest absolute Gasteiger partial charge is 0.386 e. The molecule has 0 saturated heterocycles. The number of hydrogen-bond acceptors (Lipinski definition) is 3. The highest BCUT2D eigenvalue weighted by Gasteiger charge is 2.37. The van der Waals surface area contributed by atoms with Gasteiger partial charge >= 0.3 is 0 Å². The molecular formula is C10H15NOS. The van der Waals surface area contributed by atoms with Gasteiger partial charge in [-0.05, 0) is 24.3 Å². The number of hydrogen-bond donors (Lipinski definition) is 2. The third-order valence-corrected chi connectivity index (χ3v) is 3.82. The lowest BCUT2D eigenvalue weighted by Gasteiger charge is -2.28. The first-order valence-electron chi connectivity index (χ1n) is 4.73. The van der Waals surface area contributed by atoms with E-state index >= 15 is 0 Å². The van der Waals surface area contributed by atoms with E-state index < -0.39 is 6.10 Å². The van der Waals surface area contributed by atoms with Gasteiger partial charge in [0.05, 0.1) is 0 Å². The van der Waals surface area contributed by atoms with Crippen LogP contribution in [0.15, 0.2) is 17.5 Å². The van der Waals surface area contributed by atoms with Crippen molar-refractivity contribution in [2.75, 3.05) is 0 Å². The van der Waals surface area contributed by atoms with Crippen LogP contribution in [-0.4, -0.2) is 10.6 Å². The van der Waals surface area contributed by atoms with Crippen molar-refractivity contribution in [1.82, 2.24) is 0 Å². The summed E-state index contributed by atoms with van der Waals surface area (Å²) in [5, 5.41) is 12.0. The smallest absolute Gasteiger partial charge is 0.106 e. The van der Waals surface area contributed by atoms with Crippen LogP contribution in [0.4, 0.5) is 0 Å². The van der Waals surface area contributed by atoms with E-state index in [0.29, 0.717) is 0 Å². The van der Waals surface area contributed by atoms with Crippen LogP contribution in [0.5, 0.6) is 0 Å². The zero-order valence-corrected chi connectivity index (χ0v) is 8.39. The molecule has 3 N–H and O–H groups in total. The Morgan fingerprint density at radius 2 is 2.15 bits per heavy atom. The van der Waals surface area contributed by atoms with Crippen molar-refractivity contribution >= 4 is 11.3 Å². The van der Waals surface area contributed by atoms with E-state index in [2.05, 4.69) is 0 Å². The molecule has 0 radical (unpaired) electrons. The van der Waals surface area contributed by atoms with Crippen molar-refractivity contribution in [3.8, 4) is 0 Å². The molecule has 1 heterocycles. The van der Waals surface area contributed by atoms with Gasteiger partial charge in [-0.1, -0.05) is 18.9 Å².